The van der Waals surface area contributed by atoms with Gasteiger partial charge in [0.25, 0.3) is 5.91 Å². The maximum Gasteiger partial charge on any atom is 0.268 e. The normalized spacial score (nSPS) is 16.6. The van der Waals surface area contributed by atoms with Crippen molar-refractivity contribution >= 4 is 51.1 Å². The van der Waals surface area contributed by atoms with Crippen LogP contribution < -0.4 is 5.32 Å². The lowest BCUT2D eigenvalue weighted by Gasteiger charge is -2.12. The molecule has 3 heterocycles. The number of nitrogens with one attached hydrogen (secondary N) is 1. The largest absolute Gasteiger partial charge is 0.382 e. The van der Waals surface area contributed by atoms with Crippen molar-refractivity contribution in [1.82, 2.24) is 4.98 Å². The number of carbonyl (C=O) groups is 1. The molecule has 4 rings (SSSR count). The molecule has 0 aliphatic carbocycles. The Morgan fingerprint density at radius 2 is 2.20 bits per heavy atom. The van der Waals surface area contributed by atoms with E-state index in [-0.39, 0.29) is 5.91 Å². The SMILES string of the molecule is Cc1ccc(NC(=O)C2CC(c3ccc(Cl)s3)=NO2)c2cccnc12. The van der Waals surface area contributed by atoms with E-state index in [0.717, 1.165) is 32.7 Å². The fourth-order valence-corrected chi connectivity index (χ4v) is 3.80. The van der Waals surface area contributed by atoms with Gasteiger partial charge >= 0.3 is 0 Å². The maximum atomic E-state index is 12.6. The number of amides is 1. The summed E-state index contributed by atoms with van der Waals surface area (Å²) in [6.07, 6.45) is 1.52. The first-order valence-electron chi connectivity index (χ1n) is 7.75. The van der Waals surface area contributed by atoms with Gasteiger partial charge in [-0.05, 0) is 42.8 Å². The van der Waals surface area contributed by atoms with Crippen LogP contribution in [0.4, 0.5) is 5.69 Å². The molecule has 7 heteroatoms. The van der Waals surface area contributed by atoms with E-state index < -0.39 is 6.10 Å². The number of fused-ring (bicyclic) bond motifs is 1. The summed E-state index contributed by atoms with van der Waals surface area (Å²) >= 11 is 7.37. The van der Waals surface area contributed by atoms with Crippen molar-refractivity contribution in [1.29, 1.82) is 0 Å². The molecule has 1 atom stereocenters. The topological polar surface area (TPSA) is 63.6 Å². The average molecular weight is 372 g/mol. The predicted molar refractivity (Wildman–Crippen MR) is 100 cm³/mol. The number of pyridine rings is 1. The van der Waals surface area contributed by atoms with E-state index >= 15 is 0 Å². The third kappa shape index (κ3) is 3.10. The zero-order chi connectivity index (χ0) is 17.4. The summed E-state index contributed by atoms with van der Waals surface area (Å²) in [5.74, 6) is -0.226. The fourth-order valence-electron chi connectivity index (χ4n) is 2.77. The second-order valence-corrected chi connectivity index (χ2v) is 7.47. The fraction of sp³-hybridized carbons (Fsp3) is 0.167. The van der Waals surface area contributed by atoms with Gasteiger partial charge in [-0.1, -0.05) is 22.8 Å². The van der Waals surface area contributed by atoms with Crippen molar-refractivity contribution in [3.8, 4) is 0 Å². The first kappa shape index (κ1) is 16.1. The smallest absolute Gasteiger partial charge is 0.268 e. The highest BCUT2D eigenvalue weighted by Crippen LogP contribution is 2.28. The van der Waals surface area contributed by atoms with Crippen molar-refractivity contribution in [2.45, 2.75) is 19.4 Å². The average Bonchev–Trinajstić information content (AvgIpc) is 3.26. The zero-order valence-electron chi connectivity index (χ0n) is 13.3. The quantitative estimate of drug-likeness (QED) is 0.742. The monoisotopic (exact) mass is 371 g/mol. The first-order valence-corrected chi connectivity index (χ1v) is 8.95. The molecule has 0 saturated heterocycles. The minimum atomic E-state index is -0.649. The van der Waals surface area contributed by atoms with E-state index in [9.17, 15) is 4.79 Å². The van der Waals surface area contributed by atoms with Crippen molar-refractivity contribution in [3.05, 3.63) is 57.4 Å². The van der Waals surface area contributed by atoms with Crippen molar-refractivity contribution in [3.63, 3.8) is 0 Å². The molecule has 25 heavy (non-hydrogen) atoms. The molecule has 1 aromatic carbocycles. The van der Waals surface area contributed by atoms with Gasteiger partial charge < -0.3 is 10.2 Å². The van der Waals surface area contributed by atoms with E-state index in [2.05, 4.69) is 15.5 Å². The highest BCUT2D eigenvalue weighted by atomic mass is 35.5. The summed E-state index contributed by atoms with van der Waals surface area (Å²) in [5, 5.41) is 7.87. The number of rotatable bonds is 3. The number of halogens is 1. The summed E-state index contributed by atoms with van der Waals surface area (Å²) < 4.78 is 0.684. The molecular weight excluding hydrogens is 358 g/mol. The van der Waals surface area contributed by atoms with Crippen LogP contribution in [0.3, 0.4) is 0 Å². The Balaban J connectivity index is 1.51. The summed E-state index contributed by atoms with van der Waals surface area (Å²) in [6.45, 7) is 1.99. The summed E-state index contributed by atoms with van der Waals surface area (Å²) in [5.41, 5.74) is 3.39. The van der Waals surface area contributed by atoms with Crippen LogP contribution in [0.15, 0.2) is 47.8 Å². The predicted octanol–water partition coefficient (Wildman–Crippen LogP) is 4.39. The zero-order valence-corrected chi connectivity index (χ0v) is 14.9. The number of aryl methyl sites for hydroxylation is 1. The second-order valence-electron chi connectivity index (χ2n) is 5.76. The molecule has 5 nitrogen and oxygen atoms in total. The molecule has 1 aliphatic rings. The lowest BCUT2D eigenvalue weighted by Crippen LogP contribution is -2.28. The number of benzene rings is 1. The van der Waals surface area contributed by atoms with Gasteiger partial charge in [-0.25, -0.2) is 0 Å². The molecule has 0 spiro atoms. The molecule has 1 N–H and O–H groups in total. The molecule has 0 radical (unpaired) electrons. The minimum Gasteiger partial charge on any atom is -0.382 e. The van der Waals surface area contributed by atoms with Crippen LogP contribution >= 0.6 is 22.9 Å². The van der Waals surface area contributed by atoms with Gasteiger partial charge in [0, 0.05) is 18.0 Å². The standard InChI is InChI=1S/C18H14ClN3O2S/c1-10-4-5-12(11-3-2-8-20-17(10)11)21-18(23)14-9-13(22-24-14)15-6-7-16(19)25-15/h2-8,14H,9H2,1H3,(H,21,23). The number of hydrogen-bond acceptors (Lipinski definition) is 5. The third-order valence-electron chi connectivity index (χ3n) is 4.05. The Kier molecular flexibility index (Phi) is 4.15. The summed E-state index contributed by atoms with van der Waals surface area (Å²) in [4.78, 5) is 23.2. The molecule has 0 fully saturated rings. The number of hydrogen-bond donors (Lipinski definition) is 1. The summed E-state index contributed by atoms with van der Waals surface area (Å²) in [7, 11) is 0. The minimum absolute atomic E-state index is 0.226. The molecule has 0 bridgehead atoms. The molecular formula is C18H14ClN3O2S. The Morgan fingerprint density at radius 3 is 3.00 bits per heavy atom. The number of aromatic nitrogens is 1. The van der Waals surface area contributed by atoms with Gasteiger partial charge in [0.15, 0.2) is 0 Å². The number of thiophene rings is 1. The van der Waals surface area contributed by atoms with E-state index in [4.69, 9.17) is 16.4 Å². The molecule has 1 amide bonds. The van der Waals surface area contributed by atoms with Gasteiger partial charge in [-0.3, -0.25) is 9.78 Å². The lowest BCUT2D eigenvalue weighted by atomic mass is 10.1. The van der Waals surface area contributed by atoms with Crippen LogP contribution in [0.25, 0.3) is 10.9 Å². The van der Waals surface area contributed by atoms with Crippen LogP contribution in [0, 0.1) is 6.92 Å². The highest BCUT2D eigenvalue weighted by molar-refractivity contribution is 7.18. The Morgan fingerprint density at radius 1 is 1.32 bits per heavy atom. The first-order chi connectivity index (χ1) is 12.1. The van der Waals surface area contributed by atoms with E-state index in [1.165, 1.54) is 11.3 Å². The number of oxime groups is 1. The van der Waals surface area contributed by atoms with Gasteiger partial charge in [-0.15, -0.1) is 11.3 Å². The Bertz CT molecular complexity index is 999. The van der Waals surface area contributed by atoms with Crippen LogP contribution in [0.2, 0.25) is 4.34 Å². The van der Waals surface area contributed by atoms with Crippen LogP contribution in [-0.4, -0.2) is 22.7 Å². The van der Waals surface area contributed by atoms with Crippen molar-refractivity contribution in [2.24, 2.45) is 5.16 Å². The molecule has 3 aromatic rings. The second kappa shape index (κ2) is 6.46. The molecule has 126 valence electrons. The Hall–Kier alpha value is -2.44. The maximum absolute atomic E-state index is 12.6. The lowest BCUT2D eigenvalue weighted by molar-refractivity contribution is -0.125. The summed E-state index contributed by atoms with van der Waals surface area (Å²) in [6, 6.07) is 11.3. The molecule has 0 saturated carbocycles. The molecule has 2 aromatic heterocycles. The number of anilines is 1. The van der Waals surface area contributed by atoms with Crippen LogP contribution in [-0.2, 0) is 9.63 Å². The van der Waals surface area contributed by atoms with E-state index in [1.807, 2.05) is 43.3 Å². The highest BCUT2D eigenvalue weighted by Gasteiger charge is 2.30. The Labute approximate surface area is 153 Å². The van der Waals surface area contributed by atoms with Crippen molar-refractivity contribution in [2.75, 3.05) is 5.32 Å². The number of nitrogens with zero attached hydrogens (tertiary/aromatic N) is 2. The molecule has 1 unspecified atom stereocenters. The van der Waals surface area contributed by atoms with E-state index in [1.54, 1.807) is 6.20 Å². The third-order valence-corrected chi connectivity index (χ3v) is 5.33. The van der Waals surface area contributed by atoms with Crippen LogP contribution in [0.5, 0.6) is 0 Å². The van der Waals surface area contributed by atoms with Gasteiger partial charge in [0.1, 0.15) is 5.71 Å². The molecule has 1 aliphatic heterocycles. The van der Waals surface area contributed by atoms with Crippen LogP contribution in [0.1, 0.15) is 16.9 Å². The van der Waals surface area contributed by atoms with Gasteiger partial charge in [-0.2, -0.15) is 0 Å². The van der Waals surface area contributed by atoms with Gasteiger partial charge in [0.2, 0.25) is 6.10 Å². The van der Waals surface area contributed by atoms with Gasteiger partial charge in [0.05, 0.1) is 20.4 Å². The van der Waals surface area contributed by atoms with E-state index in [0.29, 0.717) is 10.8 Å². The number of carbonyl (C=O) groups excluding carboxylic acids is 1. The van der Waals surface area contributed by atoms with Crippen molar-refractivity contribution < 1.29 is 9.63 Å².